The SMILES string of the molecule is COC(=O)c1ccc2c(C)nn(CCCCCCOPI)c2c1. The van der Waals surface area contributed by atoms with Crippen LogP contribution in [-0.4, -0.2) is 29.5 Å². The molecule has 1 unspecified atom stereocenters. The molecule has 126 valence electrons. The standard InChI is InChI=1S/C16H22IN2O3P/c1-12-14-8-7-13(16(20)21-2)11-15(14)19(18-12)9-5-3-4-6-10-22-23-17/h7-8,11,23H,3-6,9-10H2,1-2H3. The van der Waals surface area contributed by atoms with Gasteiger partial charge in [-0.05, 0) is 53.9 Å². The first kappa shape index (κ1) is 18.6. The third-order valence-corrected chi connectivity index (χ3v) is 5.03. The molecule has 1 atom stereocenters. The Balaban J connectivity index is 1.98. The van der Waals surface area contributed by atoms with Gasteiger partial charge in [0, 0.05) is 11.9 Å². The summed E-state index contributed by atoms with van der Waals surface area (Å²) in [6.07, 6.45) is 4.52. The molecule has 1 aromatic carbocycles. The molecule has 7 heteroatoms. The molecule has 0 radical (unpaired) electrons. The highest BCUT2D eigenvalue weighted by molar-refractivity contribution is 14.2. The van der Waals surface area contributed by atoms with E-state index in [0.29, 0.717) is 12.0 Å². The molecule has 0 bridgehead atoms. The van der Waals surface area contributed by atoms with Crippen LogP contribution in [0.4, 0.5) is 0 Å². The highest BCUT2D eigenvalue weighted by Gasteiger charge is 2.11. The molecule has 0 N–H and O–H groups in total. The van der Waals surface area contributed by atoms with E-state index in [2.05, 4.69) is 27.1 Å². The molecule has 0 aliphatic carbocycles. The average molecular weight is 448 g/mol. The minimum absolute atomic E-state index is 0.312. The van der Waals surface area contributed by atoms with Gasteiger partial charge in [0.25, 0.3) is 0 Å². The lowest BCUT2D eigenvalue weighted by Crippen LogP contribution is -2.03. The molecule has 1 aromatic heterocycles. The van der Waals surface area contributed by atoms with Crippen molar-refractivity contribution in [2.24, 2.45) is 0 Å². The molecule has 23 heavy (non-hydrogen) atoms. The summed E-state index contributed by atoms with van der Waals surface area (Å²) in [5.74, 6) is -0.312. The fourth-order valence-electron chi connectivity index (χ4n) is 2.58. The van der Waals surface area contributed by atoms with Crippen LogP contribution in [0, 0.1) is 6.92 Å². The first-order valence-corrected chi connectivity index (χ1v) is 11.7. The van der Waals surface area contributed by atoms with E-state index in [4.69, 9.17) is 9.26 Å². The molecule has 1 heterocycles. The number of halogens is 1. The number of nitrogens with zero attached hydrogens (tertiary/aromatic N) is 2. The summed E-state index contributed by atoms with van der Waals surface area (Å²) in [5.41, 5.74) is 2.56. The van der Waals surface area contributed by atoms with Crippen molar-refractivity contribution < 1.29 is 14.1 Å². The first-order chi connectivity index (χ1) is 11.2. The molecule has 2 aromatic rings. The lowest BCUT2D eigenvalue weighted by Gasteiger charge is -2.05. The summed E-state index contributed by atoms with van der Waals surface area (Å²) in [6.45, 7) is 4.27. The van der Waals surface area contributed by atoms with Gasteiger partial charge in [0.2, 0.25) is 0 Å². The van der Waals surface area contributed by atoms with Crippen molar-refractivity contribution in [2.45, 2.75) is 39.2 Å². The van der Waals surface area contributed by atoms with Crippen LogP contribution in [0.25, 0.3) is 10.9 Å². The molecular weight excluding hydrogens is 426 g/mol. The number of ether oxygens (including phenoxy) is 1. The van der Waals surface area contributed by atoms with Crippen molar-refractivity contribution in [2.75, 3.05) is 13.7 Å². The number of carbonyl (C=O) groups is 1. The van der Waals surface area contributed by atoms with E-state index in [1.165, 1.54) is 13.5 Å². The fraction of sp³-hybridized carbons (Fsp3) is 0.500. The number of rotatable bonds is 9. The minimum Gasteiger partial charge on any atom is -0.465 e. The Morgan fingerprint density at radius 3 is 2.83 bits per heavy atom. The topological polar surface area (TPSA) is 53.3 Å². The number of carbonyl (C=O) groups excluding carboxylic acids is 1. The van der Waals surface area contributed by atoms with Gasteiger partial charge in [0.15, 0.2) is 0 Å². The second kappa shape index (κ2) is 9.55. The number of esters is 1. The maximum Gasteiger partial charge on any atom is 0.337 e. The van der Waals surface area contributed by atoms with E-state index in [0.717, 1.165) is 49.0 Å². The summed E-state index contributed by atoms with van der Waals surface area (Å²) >= 11 is 2.24. The van der Waals surface area contributed by atoms with Crippen LogP contribution in [-0.2, 0) is 15.8 Å². The minimum atomic E-state index is -0.312. The van der Waals surface area contributed by atoms with Gasteiger partial charge in [-0.3, -0.25) is 4.68 Å². The van der Waals surface area contributed by atoms with E-state index in [1.807, 2.05) is 23.7 Å². The Morgan fingerprint density at radius 1 is 1.30 bits per heavy atom. The van der Waals surface area contributed by atoms with E-state index in [1.54, 1.807) is 6.07 Å². The van der Waals surface area contributed by atoms with E-state index < -0.39 is 0 Å². The summed E-state index contributed by atoms with van der Waals surface area (Å²) in [7, 11) is 1.40. The van der Waals surface area contributed by atoms with Crippen LogP contribution in [0.15, 0.2) is 18.2 Å². The number of hydrogen-bond acceptors (Lipinski definition) is 4. The Hall–Kier alpha value is -0.720. The Kier molecular flexibility index (Phi) is 7.73. The van der Waals surface area contributed by atoms with E-state index in [-0.39, 0.29) is 5.97 Å². The van der Waals surface area contributed by atoms with Crippen LogP contribution in [0.1, 0.15) is 41.7 Å². The van der Waals surface area contributed by atoms with Crippen molar-refractivity contribution in [3.8, 4) is 0 Å². The number of benzene rings is 1. The second-order valence-corrected chi connectivity index (χ2v) is 7.14. The first-order valence-electron chi connectivity index (χ1n) is 7.70. The molecule has 0 aliphatic heterocycles. The van der Waals surface area contributed by atoms with Crippen molar-refractivity contribution in [3.63, 3.8) is 0 Å². The summed E-state index contributed by atoms with van der Waals surface area (Å²) in [6, 6.07) is 5.61. The largest absolute Gasteiger partial charge is 0.465 e. The predicted molar refractivity (Wildman–Crippen MR) is 103 cm³/mol. The molecule has 5 nitrogen and oxygen atoms in total. The number of aryl methyl sites for hydroxylation is 2. The maximum absolute atomic E-state index is 11.7. The summed E-state index contributed by atoms with van der Waals surface area (Å²) in [5, 5.41) is 5.69. The molecule has 0 saturated carbocycles. The highest BCUT2D eigenvalue weighted by Crippen LogP contribution is 2.23. The van der Waals surface area contributed by atoms with Gasteiger partial charge in [-0.2, -0.15) is 5.10 Å². The molecule has 0 saturated heterocycles. The van der Waals surface area contributed by atoms with Crippen molar-refractivity contribution in [3.05, 3.63) is 29.5 Å². The van der Waals surface area contributed by atoms with Gasteiger partial charge in [-0.15, -0.1) is 0 Å². The van der Waals surface area contributed by atoms with Crippen LogP contribution < -0.4 is 0 Å². The third-order valence-electron chi connectivity index (χ3n) is 3.78. The summed E-state index contributed by atoms with van der Waals surface area (Å²) < 4.78 is 12.2. The van der Waals surface area contributed by atoms with Crippen molar-refractivity contribution in [1.82, 2.24) is 9.78 Å². The van der Waals surface area contributed by atoms with Gasteiger partial charge < -0.3 is 9.26 Å². The number of aromatic nitrogens is 2. The number of fused-ring (bicyclic) bond motifs is 1. The Labute approximate surface area is 151 Å². The monoisotopic (exact) mass is 448 g/mol. The van der Waals surface area contributed by atoms with Crippen molar-refractivity contribution in [1.29, 1.82) is 0 Å². The van der Waals surface area contributed by atoms with Crippen LogP contribution in [0.2, 0.25) is 0 Å². The van der Waals surface area contributed by atoms with E-state index in [9.17, 15) is 4.79 Å². The summed E-state index contributed by atoms with van der Waals surface area (Å²) in [4.78, 5) is 11.7. The molecule has 0 spiro atoms. The lowest BCUT2D eigenvalue weighted by molar-refractivity contribution is 0.0601. The highest BCUT2D eigenvalue weighted by atomic mass is 127. The molecule has 0 fully saturated rings. The van der Waals surface area contributed by atoms with Gasteiger partial charge in [-0.25, -0.2) is 4.79 Å². The van der Waals surface area contributed by atoms with Crippen LogP contribution >= 0.6 is 28.5 Å². The Morgan fingerprint density at radius 2 is 2.09 bits per heavy atom. The quantitative estimate of drug-likeness (QED) is 0.243. The third kappa shape index (κ3) is 5.13. The zero-order valence-corrected chi connectivity index (χ0v) is 16.6. The van der Waals surface area contributed by atoms with Gasteiger partial charge >= 0.3 is 5.97 Å². The number of hydrogen-bond donors (Lipinski definition) is 0. The van der Waals surface area contributed by atoms with Crippen LogP contribution in [0.5, 0.6) is 0 Å². The smallest absolute Gasteiger partial charge is 0.337 e. The normalized spacial score (nSPS) is 11.6. The lowest BCUT2D eigenvalue weighted by atomic mass is 10.1. The average Bonchev–Trinajstić information content (AvgIpc) is 2.89. The molecular formula is C16H22IN2O3P. The van der Waals surface area contributed by atoms with Gasteiger partial charge in [-0.1, -0.05) is 18.9 Å². The second-order valence-electron chi connectivity index (χ2n) is 5.37. The zero-order valence-electron chi connectivity index (χ0n) is 13.5. The molecule has 0 aliphatic rings. The van der Waals surface area contributed by atoms with Gasteiger partial charge in [0.1, 0.15) is 0 Å². The molecule has 2 rings (SSSR count). The van der Waals surface area contributed by atoms with Gasteiger partial charge in [0.05, 0.1) is 36.9 Å². The van der Waals surface area contributed by atoms with Crippen LogP contribution in [0.3, 0.4) is 0 Å². The number of methoxy groups -OCH3 is 1. The fourth-order valence-corrected chi connectivity index (χ4v) is 3.47. The van der Waals surface area contributed by atoms with Crippen molar-refractivity contribution >= 4 is 45.4 Å². The van der Waals surface area contributed by atoms with E-state index >= 15 is 0 Å². The maximum atomic E-state index is 11.7. The zero-order chi connectivity index (χ0) is 16.7. The number of unbranched alkanes of at least 4 members (excludes halogenated alkanes) is 3. The Bertz CT molecular complexity index is 660. The predicted octanol–water partition coefficient (Wildman–Crippen LogP) is 4.65. The molecule has 0 amide bonds.